The maximum atomic E-state index is 9.75. The van der Waals surface area contributed by atoms with Gasteiger partial charge in [-0.3, -0.25) is 0 Å². The standard InChI is InChI=1S/C10H14ClNO3/c1-5(12)8-9(13)6(11)4-7(14-2)10(8)15-3/h4-5,13H,12H2,1-3H3. The molecule has 1 aromatic carbocycles. The van der Waals surface area contributed by atoms with E-state index in [-0.39, 0.29) is 10.8 Å². The minimum Gasteiger partial charge on any atom is -0.506 e. The van der Waals surface area contributed by atoms with Crippen molar-refractivity contribution in [3.05, 3.63) is 16.7 Å². The molecule has 1 atom stereocenters. The Hall–Kier alpha value is -1.13. The zero-order valence-electron chi connectivity index (χ0n) is 8.87. The highest BCUT2D eigenvalue weighted by Gasteiger charge is 2.20. The second-order valence-electron chi connectivity index (χ2n) is 3.14. The van der Waals surface area contributed by atoms with Crippen LogP contribution in [-0.2, 0) is 0 Å². The fourth-order valence-electron chi connectivity index (χ4n) is 1.40. The van der Waals surface area contributed by atoms with Gasteiger partial charge >= 0.3 is 0 Å². The van der Waals surface area contributed by atoms with E-state index in [4.69, 9.17) is 26.8 Å². The molecule has 1 rings (SSSR count). The minimum atomic E-state index is -0.396. The van der Waals surface area contributed by atoms with E-state index in [1.54, 1.807) is 6.92 Å². The molecule has 0 spiro atoms. The van der Waals surface area contributed by atoms with Crippen molar-refractivity contribution in [2.24, 2.45) is 5.73 Å². The lowest BCUT2D eigenvalue weighted by Crippen LogP contribution is -2.08. The summed E-state index contributed by atoms with van der Waals surface area (Å²) in [6.45, 7) is 1.73. The first-order valence-corrected chi connectivity index (χ1v) is 4.79. The Bertz CT molecular complexity index is 366. The van der Waals surface area contributed by atoms with Crippen LogP contribution < -0.4 is 15.2 Å². The van der Waals surface area contributed by atoms with Crippen LogP contribution >= 0.6 is 11.6 Å². The van der Waals surface area contributed by atoms with Crippen LogP contribution in [0.2, 0.25) is 5.02 Å². The van der Waals surface area contributed by atoms with Gasteiger partial charge in [-0.1, -0.05) is 11.6 Å². The Morgan fingerprint density at radius 1 is 1.40 bits per heavy atom. The average molecular weight is 232 g/mol. The summed E-state index contributed by atoms with van der Waals surface area (Å²) in [5, 5.41) is 9.95. The fraction of sp³-hybridized carbons (Fsp3) is 0.400. The summed E-state index contributed by atoms with van der Waals surface area (Å²) in [7, 11) is 2.98. The van der Waals surface area contributed by atoms with E-state index < -0.39 is 6.04 Å². The smallest absolute Gasteiger partial charge is 0.169 e. The summed E-state index contributed by atoms with van der Waals surface area (Å²) in [4.78, 5) is 0. The van der Waals surface area contributed by atoms with Gasteiger partial charge in [0.15, 0.2) is 11.5 Å². The van der Waals surface area contributed by atoms with Crippen molar-refractivity contribution in [3.63, 3.8) is 0 Å². The third-order valence-corrected chi connectivity index (χ3v) is 2.38. The number of phenolic OH excluding ortho intramolecular Hbond substituents is 1. The van der Waals surface area contributed by atoms with Crippen LogP contribution in [0.25, 0.3) is 0 Å². The SMILES string of the molecule is COc1cc(Cl)c(O)c(C(C)N)c1OC. The molecular weight excluding hydrogens is 218 g/mol. The molecule has 0 amide bonds. The van der Waals surface area contributed by atoms with Crippen LogP contribution in [-0.4, -0.2) is 19.3 Å². The van der Waals surface area contributed by atoms with Crippen molar-refractivity contribution in [3.8, 4) is 17.2 Å². The molecule has 0 saturated carbocycles. The first-order chi connectivity index (χ1) is 7.02. The Kier molecular flexibility index (Phi) is 3.66. The van der Waals surface area contributed by atoms with Gasteiger partial charge in [-0.05, 0) is 6.92 Å². The predicted molar refractivity (Wildman–Crippen MR) is 58.8 cm³/mol. The van der Waals surface area contributed by atoms with Crippen LogP contribution in [0.3, 0.4) is 0 Å². The molecule has 0 aromatic heterocycles. The second kappa shape index (κ2) is 4.59. The molecule has 3 N–H and O–H groups in total. The van der Waals surface area contributed by atoms with E-state index in [2.05, 4.69) is 0 Å². The Labute approximate surface area is 93.6 Å². The van der Waals surface area contributed by atoms with Crippen LogP contribution in [0.1, 0.15) is 18.5 Å². The molecule has 1 aromatic rings. The molecule has 0 heterocycles. The first kappa shape index (κ1) is 11.9. The van der Waals surface area contributed by atoms with Crippen LogP contribution in [0, 0.1) is 0 Å². The van der Waals surface area contributed by atoms with Crippen molar-refractivity contribution in [1.82, 2.24) is 0 Å². The van der Waals surface area contributed by atoms with Gasteiger partial charge in [0.05, 0.1) is 24.8 Å². The zero-order chi connectivity index (χ0) is 11.6. The van der Waals surface area contributed by atoms with Crippen molar-refractivity contribution < 1.29 is 14.6 Å². The van der Waals surface area contributed by atoms with Gasteiger partial charge in [0, 0.05) is 12.1 Å². The van der Waals surface area contributed by atoms with Crippen molar-refractivity contribution >= 4 is 11.6 Å². The third kappa shape index (κ3) is 2.11. The normalized spacial score (nSPS) is 12.3. The summed E-state index contributed by atoms with van der Waals surface area (Å²) < 4.78 is 10.2. The number of rotatable bonds is 3. The summed E-state index contributed by atoms with van der Waals surface area (Å²) >= 11 is 5.83. The van der Waals surface area contributed by atoms with E-state index in [0.717, 1.165) is 0 Å². The number of hydrogen-bond donors (Lipinski definition) is 2. The number of hydrogen-bond acceptors (Lipinski definition) is 4. The molecule has 0 aliphatic carbocycles. The molecule has 5 heteroatoms. The van der Waals surface area contributed by atoms with E-state index in [9.17, 15) is 5.11 Å². The van der Waals surface area contributed by atoms with Gasteiger partial charge in [-0.15, -0.1) is 0 Å². The number of ether oxygens (including phenoxy) is 2. The maximum Gasteiger partial charge on any atom is 0.169 e. The molecule has 0 bridgehead atoms. The Morgan fingerprint density at radius 3 is 2.40 bits per heavy atom. The number of nitrogens with two attached hydrogens (primary N) is 1. The topological polar surface area (TPSA) is 64.7 Å². The minimum absolute atomic E-state index is 0.0654. The lowest BCUT2D eigenvalue weighted by molar-refractivity contribution is 0.344. The van der Waals surface area contributed by atoms with Crippen molar-refractivity contribution in [2.75, 3.05) is 14.2 Å². The van der Waals surface area contributed by atoms with Gasteiger partial charge in [0.2, 0.25) is 0 Å². The predicted octanol–water partition coefficient (Wildman–Crippen LogP) is 2.08. The number of halogens is 1. The zero-order valence-corrected chi connectivity index (χ0v) is 9.63. The fourth-order valence-corrected chi connectivity index (χ4v) is 1.60. The quantitative estimate of drug-likeness (QED) is 0.836. The molecular formula is C10H14ClNO3. The van der Waals surface area contributed by atoms with Crippen molar-refractivity contribution in [1.29, 1.82) is 0 Å². The molecule has 0 fully saturated rings. The number of benzene rings is 1. The molecule has 0 aliphatic heterocycles. The maximum absolute atomic E-state index is 9.75. The van der Waals surface area contributed by atoms with Crippen LogP contribution in [0.4, 0.5) is 0 Å². The number of aromatic hydroxyl groups is 1. The third-order valence-electron chi connectivity index (χ3n) is 2.09. The summed E-state index contributed by atoms with van der Waals surface area (Å²) in [5.74, 6) is 0.798. The summed E-state index contributed by atoms with van der Waals surface area (Å²) in [6, 6.07) is 1.09. The van der Waals surface area contributed by atoms with Gasteiger partial charge in [0.25, 0.3) is 0 Å². The van der Waals surface area contributed by atoms with Crippen molar-refractivity contribution in [2.45, 2.75) is 13.0 Å². The molecule has 0 radical (unpaired) electrons. The van der Waals surface area contributed by atoms with Crippen LogP contribution in [0.5, 0.6) is 17.2 Å². The first-order valence-electron chi connectivity index (χ1n) is 4.41. The van der Waals surface area contributed by atoms with Gasteiger partial charge in [-0.2, -0.15) is 0 Å². The lowest BCUT2D eigenvalue weighted by atomic mass is 10.1. The molecule has 4 nitrogen and oxygen atoms in total. The molecule has 15 heavy (non-hydrogen) atoms. The van der Waals surface area contributed by atoms with Gasteiger partial charge < -0.3 is 20.3 Å². The van der Waals surface area contributed by atoms with Gasteiger partial charge in [0.1, 0.15) is 5.75 Å². The van der Waals surface area contributed by atoms with E-state index in [0.29, 0.717) is 17.1 Å². The molecule has 1 unspecified atom stereocenters. The van der Waals surface area contributed by atoms with Gasteiger partial charge in [-0.25, -0.2) is 0 Å². The van der Waals surface area contributed by atoms with E-state index in [1.807, 2.05) is 0 Å². The van der Waals surface area contributed by atoms with Crippen LogP contribution in [0.15, 0.2) is 6.07 Å². The summed E-state index contributed by atoms with van der Waals surface area (Å²) in [6.07, 6.45) is 0. The Balaban J connectivity index is 3.49. The highest BCUT2D eigenvalue weighted by molar-refractivity contribution is 6.32. The molecule has 0 saturated heterocycles. The number of methoxy groups -OCH3 is 2. The highest BCUT2D eigenvalue weighted by Crippen LogP contribution is 2.44. The van der Waals surface area contributed by atoms with E-state index in [1.165, 1.54) is 20.3 Å². The molecule has 0 aliphatic rings. The molecule has 84 valence electrons. The monoisotopic (exact) mass is 231 g/mol. The summed E-state index contributed by atoms with van der Waals surface area (Å²) in [5.41, 5.74) is 6.18. The van der Waals surface area contributed by atoms with E-state index >= 15 is 0 Å². The Morgan fingerprint density at radius 2 is 2.00 bits per heavy atom. The average Bonchev–Trinajstić information content (AvgIpc) is 2.20. The lowest BCUT2D eigenvalue weighted by Gasteiger charge is -2.17. The number of phenols is 1. The largest absolute Gasteiger partial charge is 0.506 e. The second-order valence-corrected chi connectivity index (χ2v) is 3.55. The highest BCUT2D eigenvalue weighted by atomic mass is 35.5.